The second-order valence-corrected chi connectivity index (χ2v) is 7.09. The Kier molecular flexibility index (Phi) is 5.46. The number of halogens is 2. The quantitative estimate of drug-likeness (QED) is 0.569. The van der Waals surface area contributed by atoms with Gasteiger partial charge in [0.25, 0.3) is 5.91 Å². The van der Waals surface area contributed by atoms with E-state index in [4.69, 9.17) is 5.73 Å². The van der Waals surface area contributed by atoms with Gasteiger partial charge in [-0.1, -0.05) is 18.2 Å². The number of nitrogens with two attached hydrogens (primary N) is 1. The van der Waals surface area contributed by atoms with Crippen LogP contribution in [0.1, 0.15) is 29.9 Å². The molecule has 0 saturated heterocycles. The van der Waals surface area contributed by atoms with Crippen molar-refractivity contribution in [2.75, 3.05) is 5.32 Å². The van der Waals surface area contributed by atoms with Crippen LogP contribution in [0, 0.1) is 11.6 Å². The van der Waals surface area contributed by atoms with Crippen molar-refractivity contribution in [2.45, 2.75) is 19.3 Å². The zero-order valence-corrected chi connectivity index (χ0v) is 16.1. The predicted molar refractivity (Wildman–Crippen MR) is 106 cm³/mol. The van der Waals surface area contributed by atoms with E-state index in [0.717, 1.165) is 12.1 Å². The van der Waals surface area contributed by atoms with Gasteiger partial charge in [0.2, 0.25) is 0 Å². The molecule has 0 radical (unpaired) electrons. The van der Waals surface area contributed by atoms with Gasteiger partial charge in [-0.2, -0.15) is 0 Å². The number of aromatic nitrogens is 2. The Balaban J connectivity index is 2.01. The fraction of sp³-hybridized carbons (Fsp3) is 0.143. The average molecular weight is 412 g/mol. The number of nitrogens with one attached hydrogen (secondary N) is 1. The third kappa shape index (κ3) is 3.95. The van der Waals surface area contributed by atoms with Crippen LogP contribution in [0.4, 0.5) is 20.2 Å². The average Bonchev–Trinajstić information content (AvgIpc) is 2.68. The number of benzene rings is 2. The maximum absolute atomic E-state index is 14.1. The Bertz CT molecular complexity index is 1110. The van der Waals surface area contributed by atoms with E-state index in [1.165, 1.54) is 12.1 Å². The first-order chi connectivity index (χ1) is 14.1. The van der Waals surface area contributed by atoms with Crippen molar-refractivity contribution in [3.63, 3.8) is 0 Å². The van der Waals surface area contributed by atoms with Crippen LogP contribution in [-0.2, 0) is 10.2 Å². The molecule has 154 valence electrons. The molecule has 0 fully saturated rings. The van der Waals surface area contributed by atoms with Crippen molar-refractivity contribution >= 4 is 23.3 Å². The number of carbonyl (C=O) groups is 2. The maximum Gasteiger partial charge on any atom is 0.313 e. The highest BCUT2D eigenvalue weighted by Crippen LogP contribution is 2.30. The van der Waals surface area contributed by atoms with E-state index in [9.17, 15) is 23.5 Å². The molecule has 0 atom stereocenters. The van der Waals surface area contributed by atoms with Crippen LogP contribution in [0.25, 0.3) is 11.3 Å². The SMILES string of the molecule is CC(C)(C(=O)O)c1ccc(Nc2cc(-c3c(F)cccc3F)nnc2C(N)=O)cc1. The van der Waals surface area contributed by atoms with Gasteiger partial charge in [0, 0.05) is 5.69 Å². The Hall–Kier alpha value is -3.88. The first kappa shape index (κ1) is 20.8. The lowest BCUT2D eigenvalue weighted by Crippen LogP contribution is -2.28. The topological polar surface area (TPSA) is 118 Å². The molecule has 1 aromatic heterocycles. The minimum atomic E-state index is -1.09. The van der Waals surface area contributed by atoms with Crippen LogP contribution >= 0.6 is 0 Å². The van der Waals surface area contributed by atoms with Gasteiger partial charge in [-0.05, 0) is 49.7 Å². The number of aliphatic carboxylic acids is 1. The molecule has 4 N–H and O–H groups in total. The van der Waals surface area contributed by atoms with Crippen LogP contribution in [0.15, 0.2) is 48.5 Å². The van der Waals surface area contributed by atoms with E-state index in [1.54, 1.807) is 38.1 Å². The number of hydrogen-bond donors (Lipinski definition) is 3. The van der Waals surface area contributed by atoms with Crippen LogP contribution in [0.5, 0.6) is 0 Å². The van der Waals surface area contributed by atoms with Crippen LogP contribution < -0.4 is 11.1 Å². The number of nitrogens with zero attached hydrogens (tertiary/aromatic N) is 2. The summed E-state index contributed by atoms with van der Waals surface area (Å²) >= 11 is 0. The second-order valence-electron chi connectivity index (χ2n) is 7.09. The summed E-state index contributed by atoms with van der Waals surface area (Å²) in [5.74, 6) is -3.52. The van der Waals surface area contributed by atoms with E-state index >= 15 is 0 Å². The molecule has 0 saturated carbocycles. The number of carbonyl (C=O) groups excluding carboxylic acids is 1. The number of carboxylic acid groups (broad SMARTS) is 1. The molecule has 3 rings (SSSR count). The van der Waals surface area contributed by atoms with E-state index in [2.05, 4.69) is 15.5 Å². The summed E-state index contributed by atoms with van der Waals surface area (Å²) in [7, 11) is 0. The summed E-state index contributed by atoms with van der Waals surface area (Å²) in [4.78, 5) is 23.1. The van der Waals surface area contributed by atoms with Gasteiger partial charge in [-0.15, -0.1) is 10.2 Å². The Morgan fingerprint density at radius 3 is 2.17 bits per heavy atom. The highest BCUT2D eigenvalue weighted by Gasteiger charge is 2.29. The first-order valence-corrected chi connectivity index (χ1v) is 8.84. The van der Waals surface area contributed by atoms with Crippen molar-refractivity contribution in [1.82, 2.24) is 10.2 Å². The fourth-order valence-corrected chi connectivity index (χ4v) is 2.78. The molecule has 0 bridgehead atoms. The van der Waals surface area contributed by atoms with Gasteiger partial charge in [-0.25, -0.2) is 8.78 Å². The van der Waals surface area contributed by atoms with Crippen LogP contribution in [0.2, 0.25) is 0 Å². The standard InChI is InChI=1S/C21H18F2N4O3/c1-21(2,20(29)30)11-6-8-12(9-7-11)25-16-10-15(26-27-18(16)19(24)28)17-13(22)4-3-5-14(17)23/h3-10H,1-2H3,(H2,24,28)(H,25,26)(H,29,30). The molecule has 0 aliphatic rings. The number of primary amides is 1. The molecule has 0 spiro atoms. The van der Waals surface area contributed by atoms with Crippen LogP contribution in [0.3, 0.4) is 0 Å². The third-order valence-electron chi connectivity index (χ3n) is 4.67. The second kappa shape index (κ2) is 7.86. The summed E-state index contributed by atoms with van der Waals surface area (Å²) in [6, 6.07) is 11.1. The lowest BCUT2D eigenvalue weighted by molar-refractivity contribution is -0.142. The predicted octanol–water partition coefficient (Wildman–Crippen LogP) is 3.63. The third-order valence-corrected chi connectivity index (χ3v) is 4.67. The summed E-state index contributed by atoms with van der Waals surface area (Å²) in [6.45, 7) is 3.15. The molecule has 2 aromatic carbocycles. The first-order valence-electron chi connectivity index (χ1n) is 8.84. The molecule has 7 nitrogen and oxygen atoms in total. The summed E-state index contributed by atoms with van der Waals surface area (Å²) in [6.07, 6.45) is 0. The lowest BCUT2D eigenvalue weighted by Gasteiger charge is -2.20. The lowest BCUT2D eigenvalue weighted by atomic mass is 9.85. The molecular formula is C21H18F2N4O3. The monoisotopic (exact) mass is 412 g/mol. The molecule has 0 aliphatic heterocycles. The summed E-state index contributed by atoms with van der Waals surface area (Å²) in [5.41, 5.74) is 4.66. The van der Waals surface area contributed by atoms with Crippen LogP contribution in [-0.4, -0.2) is 27.2 Å². The van der Waals surface area contributed by atoms with Crippen molar-refractivity contribution in [3.05, 3.63) is 71.4 Å². The Morgan fingerprint density at radius 1 is 1.03 bits per heavy atom. The van der Waals surface area contributed by atoms with Crippen molar-refractivity contribution in [3.8, 4) is 11.3 Å². The highest BCUT2D eigenvalue weighted by atomic mass is 19.1. The van der Waals surface area contributed by atoms with Gasteiger partial charge in [0.15, 0.2) is 5.69 Å². The maximum atomic E-state index is 14.1. The van der Waals surface area contributed by atoms with Crippen molar-refractivity contribution < 1.29 is 23.5 Å². The summed E-state index contributed by atoms with van der Waals surface area (Å²) in [5, 5.41) is 19.7. The van der Waals surface area contributed by atoms with Gasteiger partial charge in [0.1, 0.15) is 17.3 Å². The number of anilines is 2. The van der Waals surface area contributed by atoms with E-state index in [-0.39, 0.29) is 22.6 Å². The number of rotatable bonds is 6. The molecule has 3 aromatic rings. The van der Waals surface area contributed by atoms with Gasteiger partial charge in [0.05, 0.1) is 16.7 Å². The zero-order chi connectivity index (χ0) is 22.1. The number of hydrogen-bond acceptors (Lipinski definition) is 5. The van der Waals surface area contributed by atoms with E-state index in [0.29, 0.717) is 11.3 Å². The molecule has 0 aliphatic carbocycles. The molecule has 30 heavy (non-hydrogen) atoms. The summed E-state index contributed by atoms with van der Waals surface area (Å²) < 4.78 is 28.2. The highest BCUT2D eigenvalue weighted by molar-refractivity contribution is 5.97. The zero-order valence-electron chi connectivity index (χ0n) is 16.1. The van der Waals surface area contributed by atoms with Gasteiger partial charge < -0.3 is 16.2 Å². The number of carboxylic acids is 1. The molecule has 0 unspecified atom stereocenters. The number of amides is 1. The van der Waals surface area contributed by atoms with Gasteiger partial charge in [-0.3, -0.25) is 9.59 Å². The van der Waals surface area contributed by atoms with E-state index in [1.807, 2.05) is 0 Å². The Morgan fingerprint density at radius 2 is 1.63 bits per heavy atom. The minimum Gasteiger partial charge on any atom is -0.481 e. The molecule has 1 amide bonds. The van der Waals surface area contributed by atoms with Crippen molar-refractivity contribution in [1.29, 1.82) is 0 Å². The molecular weight excluding hydrogens is 394 g/mol. The fourth-order valence-electron chi connectivity index (χ4n) is 2.78. The Labute approximate surface area is 170 Å². The van der Waals surface area contributed by atoms with E-state index < -0.39 is 28.9 Å². The minimum absolute atomic E-state index is 0.0976. The van der Waals surface area contributed by atoms with Gasteiger partial charge >= 0.3 is 5.97 Å². The molecule has 9 heteroatoms. The van der Waals surface area contributed by atoms with Crippen molar-refractivity contribution in [2.24, 2.45) is 5.73 Å². The molecule has 1 heterocycles. The largest absolute Gasteiger partial charge is 0.481 e. The smallest absolute Gasteiger partial charge is 0.313 e. The normalized spacial score (nSPS) is 11.2.